The summed E-state index contributed by atoms with van der Waals surface area (Å²) in [6.07, 6.45) is 0.887. The van der Waals surface area contributed by atoms with Crippen molar-refractivity contribution in [1.82, 2.24) is 4.90 Å². The highest BCUT2D eigenvalue weighted by Crippen LogP contribution is 2.25. The van der Waals surface area contributed by atoms with Crippen molar-refractivity contribution in [2.45, 2.75) is 17.9 Å². The number of hydrogen-bond acceptors (Lipinski definition) is 4. The molecule has 0 aromatic heterocycles. The van der Waals surface area contributed by atoms with E-state index >= 15 is 0 Å². The van der Waals surface area contributed by atoms with E-state index in [1.165, 1.54) is 18.0 Å². The fraction of sp³-hybridized carbons (Fsp3) is 0.417. The van der Waals surface area contributed by atoms with Crippen LogP contribution in [-0.4, -0.2) is 45.1 Å². The van der Waals surface area contributed by atoms with E-state index in [0.29, 0.717) is 4.47 Å². The molecule has 1 atom stereocenters. The lowest BCUT2D eigenvalue weighted by Gasteiger charge is -2.24. The largest absolute Gasteiger partial charge is 0.338 e. The molecule has 0 radical (unpaired) electrons. The molecule has 1 unspecified atom stereocenters. The Labute approximate surface area is 138 Å². The molecule has 5 nitrogen and oxygen atoms in total. The zero-order valence-corrected chi connectivity index (χ0v) is 15.0. The second-order valence-electron chi connectivity index (χ2n) is 4.54. The fourth-order valence-electron chi connectivity index (χ4n) is 1.54. The van der Waals surface area contributed by atoms with Crippen LogP contribution in [0.4, 0.5) is 4.39 Å². The number of benzene rings is 1. The summed E-state index contributed by atoms with van der Waals surface area (Å²) in [5.74, 6) is -1.66. The first-order valence-corrected chi connectivity index (χ1v) is 8.44. The lowest BCUT2D eigenvalue weighted by Crippen LogP contribution is -2.40. The summed E-state index contributed by atoms with van der Waals surface area (Å²) >= 11 is 3.08. The van der Waals surface area contributed by atoms with Gasteiger partial charge < -0.3 is 10.6 Å². The fourth-order valence-corrected chi connectivity index (χ4v) is 2.92. The Morgan fingerprint density at radius 3 is 2.43 bits per heavy atom. The molecule has 1 aromatic carbocycles. The van der Waals surface area contributed by atoms with Gasteiger partial charge in [0.15, 0.2) is 15.7 Å². The maximum absolute atomic E-state index is 14.2. The number of sulfone groups is 1. The molecule has 0 saturated heterocycles. The van der Waals surface area contributed by atoms with E-state index in [-0.39, 0.29) is 30.6 Å². The molecule has 2 N–H and O–H groups in total. The number of amides is 1. The van der Waals surface area contributed by atoms with Gasteiger partial charge in [-0.05, 0) is 19.1 Å². The average Bonchev–Trinajstić information content (AvgIpc) is 2.37. The molecule has 1 amide bonds. The average molecular weight is 404 g/mol. The van der Waals surface area contributed by atoms with Crippen molar-refractivity contribution in [2.75, 3.05) is 19.8 Å². The second kappa shape index (κ2) is 7.53. The third-order valence-electron chi connectivity index (χ3n) is 2.96. The van der Waals surface area contributed by atoms with Gasteiger partial charge in [0, 0.05) is 30.4 Å². The number of halogens is 3. The maximum Gasteiger partial charge on any atom is 0.256 e. The zero-order chi connectivity index (χ0) is 15.7. The quantitative estimate of drug-likeness (QED) is 0.832. The lowest BCUT2D eigenvalue weighted by atomic mass is 10.1. The molecule has 0 aliphatic carbocycles. The van der Waals surface area contributed by atoms with Crippen molar-refractivity contribution in [3.63, 3.8) is 0 Å². The van der Waals surface area contributed by atoms with Gasteiger partial charge in [-0.25, -0.2) is 12.8 Å². The van der Waals surface area contributed by atoms with Crippen LogP contribution in [-0.2, 0) is 9.84 Å². The number of carbonyl (C=O) groups excluding carboxylic acids is 1. The molecule has 9 heteroatoms. The zero-order valence-electron chi connectivity index (χ0n) is 11.8. The van der Waals surface area contributed by atoms with Crippen molar-refractivity contribution >= 4 is 44.1 Å². The summed E-state index contributed by atoms with van der Waals surface area (Å²) in [6.45, 7) is 1.93. The van der Waals surface area contributed by atoms with Gasteiger partial charge in [0.25, 0.3) is 5.91 Å². The van der Waals surface area contributed by atoms with Crippen molar-refractivity contribution in [3.05, 3.63) is 28.0 Å². The van der Waals surface area contributed by atoms with Gasteiger partial charge in [-0.3, -0.25) is 4.79 Å². The highest BCUT2D eigenvalue weighted by molar-refractivity contribution is 9.10. The smallest absolute Gasteiger partial charge is 0.256 e. The van der Waals surface area contributed by atoms with Crippen LogP contribution in [0.15, 0.2) is 21.5 Å². The minimum atomic E-state index is -3.76. The van der Waals surface area contributed by atoms with E-state index in [1.807, 2.05) is 0 Å². The van der Waals surface area contributed by atoms with Crippen LogP contribution in [0.2, 0.25) is 0 Å². The Kier molecular flexibility index (Phi) is 7.28. The van der Waals surface area contributed by atoms with Gasteiger partial charge in [-0.1, -0.05) is 15.9 Å². The molecular formula is C12H17BrClFN2O3S. The van der Waals surface area contributed by atoms with Gasteiger partial charge >= 0.3 is 0 Å². The summed E-state index contributed by atoms with van der Waals surface area (Å²) in [5.41, 5.74) is 5.16. The molecule has 0 heterocycles. The number of likely N-dealkylation sites (N-methyl/N-ethyl adjacent to an activating group) is 1. The van der Waals surface area contributed by atoms with E-state index in [2.05, 4.69) is 15.9 Å². The summed E-state index contributed by atoms with van der Waals surface area (Å²) in [4.78, 5) is 13.0. The van der Waals surface area contributed by atoms with Crippen LogP contribution in [0, 0.1) is 5.82 Å². The highest BCUT2D eigenvalue weighted by Gasteiger charge is 2.25. The monoisotopic (exact) mass is 402 g/mol. The van der Waals surface area contributed by atoms with Gasteiger partial charge in [0.2, 0.25) is 0 Å². The molecule has 0 spiro atoms. The summed E-state index contributed by atoms with van der Waals surface area (Å²) in [5, 5.41) is 0. The molecule has 0 aliphatic rings. The van der Waals surface area contributed by atoms with Crippen LogP contribution in [0.5, 0.6) is 0 Å². The molecule has 1 rings (SSSR count). The highest BCUT2D eigenvalue weighted by atomic mass is 79.9. The number of nitrogens with zero attached hydrogens (tertiary/aromatic N) is 1. The molecule has 0 bridgehead atoms. The maximum atomic E-state index is 14.2. The van der Waals surface area contributed by atoms with Crippen LogP contribution in [0.25, 0.3) is 0 Å². The lowest BCUT2D eigenvalue weighted by molar-refractivity contribution is 0.0743. The Balaban J connectivity index is 0.00000400. The van der Waals surface area contributed by atoms with Crippen LogP contribution < -0.4 is 5.73 Å². The summed E-state index contributed by atoms with van der Waals surface area (Å²) in [6, 6.07) is 2.10. The normalized spacial score (nSPS) is 12.5. The first-order chi connectivity index (χ1) is 9.09. The number of nitrogens with two attached hydrogens (primary N) is 1. The minimum absolute atomic E-state index is 0. The van der Waals surface area contributed by atoms with E-state index < -0.39 is 26.5 Å². The standard InChI is InChI=1S/C12H16BrFN2O3S.ClH/c1-7(6-15)16(2)12(17)9-4-8(13)5-10(11(9)14)20(3,18)19;/h4-5,7H,6,15H2,1-3H3;1H. The minimum Gasteiger partial charge on any atom is -0.338 e. The van der Waals surface area contributed by atoms with E-state index in [4.69, 9.17) is 5.73 Å². The van der Waals surface area contributed by atoms with E-state index in [9.17, 15) is 17.6 Å². The van der Waals surface area contributed by atoms with Crippen LogP contribution in [0.1, 0.15) is 17.3 Å². The van der Waals surface area contributed by atoms with Gasteiger partial charge in [-0.2, -0.15) is 0 Å². The Bertz CT molecular complexity index is 640. The topological polar surface area (TPSA) is 80.5 Å². The number of hydrogen-bond donors (Lipinski definition) is 1. The predicted molar refractivity (Wildman–Crippen MR) is 85.1 cm³/mol. The summed E-state index contributed by atoms with van der Waals surface area (Å²) in [7, 11) is -2.28. The number of rotatable bonds is 4. The Morgan fingerprint density at radius 1 is 1.48 bits per heavy atom. The number of carbonyl (C=O) groups is 1. The first-order valence-electron chi connectivity index (χ1n) is 5.76. The Hall–Kier alpha value is -0.700. The van der Waals surface area contributed by atoms with Gasteiger partial charge in [-0.15, -0.1) is 12.4 Å². The molecule has 0 saturated carbocycles. The van der Waals surface area contributed by atoms with Crippen molar-refractivity contribution in [1.29, 1.82) is 0 Å². The van der Waals surface area contributed by atoms with Gasteiger partial charge in [0.1, 0.15) is 4.90 Å². The molecule has 120 valence electrons. The molecule has 21 heavy (non-hydrogen) atoms. The van der Waals surface area contributed by atoms with Crippen molar-refractivity contribution < 1.29 is 17.6 Å². The third kappa shape index (κ3) is 4.64. The van der Waals surface area contributed by atoms with E-state index in [0.717, 1.165) is 12.3 Å². The van der Waals surface area contributed by atoms with Crippen molar-refractivity contribution in [3.8, 4) is 0 Å². The van der Waals surface area contributed by atoms with Gasteiger partial charge in [0.05, 0.1) is 5.56 Å². The molecule has 0 fully saturated rings. The van der Waals surface area contributed by atoms with Crippen LogP contribution >= 0.6 is 28.3 Å². The predicted octanol–water partition coefficient (Wildman–Crippen LogP) is 1.83. The molecule has 0 aliphatic heterocycles. The molecule has 1 aromatic rings. The van der Waals surface area contributed by atoms with Crippen molar-refractivity contribution in [2.24, 2.45) is 5.73 Å². The third-order valence-corrected chi connectivity index (χ3v) is 4.51. The first kappa shape index (κ1) is 20.3. The SMILES string of the molecule is CC(CN)N(C)C(=O)c1cc(Br)cc(S(C)(=O)=O)c1F.Cl. The van der Waals surface area contributed by atoms with Crippen LogP contribution in [0.3, 0.4) is 0 Å². The summed E-state index contributed by atoms with van der Waals surface area (Å²) < 4.78 is 37.6. The Morgan fingerprint density at radius 2 is 2.00 bits per heavy atom. The van der Waals surface area contributed by atoms with E-state index in [1.54, 1.807) is 6.92 Å². The molecular weight excluding hydrogens is 387 g/mol. The second-order valence-corrected chi connectivity index (χ2v) is 7.44.